The molecule has 2 aromatic rings. The quantitative estimate of drug-likeness (QED) is 0.580. The van der Waals surface area contributed by atoms with E-state index < -0.39 is 5.82 Å². The first-order valence-electron chi connectivity index (χ1n) is 4.94. The van der Waals surface area contributed by atoms with E-state index in [4.69, 9.17) is 0 Å². The Morgan fingerprint density at radius 1 is 0.889 bits per heavy atom. The van der Waals surface area contributed by atoms with Crippen LogP contribution in [0.5, 0.6) is 0 Å². The Morgan fingerprint density at radius 2 is 1.44 bits per heavy atom. The maximum Gasteiger partial charge on any atom is 0.197 e. The van der Waals surface area contributed by atoms with E-state index in [1.54, 1.807) is 24.3 Å². The van der Waals surface area contributed by atoms with Crippen molar-refractivity contribution in [3.05, 3.63) is 66.8 Å². The van der Waals surface area contributed by atoms with Crippen LogP contribution in [0, 0.1) is 5.82 Å². The van der Waals surface area contributed by atoms with E-state index in [0.29, 0.717) is 14.5 Å². The Balaban J connectivity index is 2.54. The summed E-state index contributed by atoms with van der Waals surface area (Å²) in [4.78, 5) is 12.3. The van der Waals surface area contributed by atoms with E-state index in [1.165, 1.54) is 12.1 Å². The monoisotopic (exact) mass is 434 g/mol. The zero-order valence-corrected chi connectivity index (χ0v) is 13.6. The van der Waals surface area contributed by atoms with Crippen LogP contribution in [0.3, 0.4) is 0 Å². The second-order valence-electron chi connectivity index (χ2n) is 3.58. The van der Waals surface area contributed by atoms with Crippen molar-refractivity contribution in [3.8, 4) is 0 Å². The predicted molar refractivity (Wildman–Crippen MR) is 79.4 cm³/mol. The molecule has 0 heterocycles. The van der Waals surface area contributed by atoms with Crippen molar-refractivity contribution in [3.63, 3.8) is 0 Å². The van der Waals surface area contributed by atoms with Crippen LogP contribution in [0.25, 0.3) is 0 Å². The second kappa shape index (κ2) is 5.63. The molecule has 0 radical (unpaired) electrons. The first-order valence-corrected chi connectivity index (χ1v) is 7.32. The summed E-state index contributed by atoms with van der Waals surface area (Å²) < 4.78 is 15.7. The molecule has 0 unspecified atom stereocenters. The van der Waals surface area contributed by atoms with Crippen molar-refractivity contribution in [2.24, 2.45) is 0 Å². The highest BCUT2D eigenvalue weighted by molar-refractivity contribution is 9.11. The number of carbonyl (C=O) groups excluding carboxylic acids is 1. The van der Waals surface area contributed by atoms with Crippen LogP contribution in [-0.4, -0.2) is 5.78 Å². The number of hydrogen-bond donors (Lipinski definition) is 0. The number of benzene rings is 2. The van der Waals surface area contributed by atoms with Gasteiger partial charge in [0.1, 0.15) is 5.82 Å². The molecular weight excluding hydrogens is 431 g/mol. The maximum absolute atomic E-state index is 13.7. The van der Waals surface area contributed by atoms with Gasteiger partial charge in [0.2, 0.25) is 0 Å². The number of hydrogen-bond acceptors (Lipinski definition) is 1. The van der Waals surface area contributed by atoms with Crippen molar-refractivity contribution >= 4 is 53.6 Å². The molecule has 0 aromatic heterocycles. The summed E-state index contributed by atoms with van der Waals surface area (Å²) in [5.74, 6) is -0.892. The zero-order chi connectivity index (χ0) is 13.3. The largest absolute Gasteiger partial charge is 0.288 e. The molecule has 18 heavy (non-hydrogen) atoms. The molecule has 92 valence electrons. The van der Waals surface area contributed by atoms with Gasteiger partial charge in [-0.05, 0) is 36.4 Å². The molecule has 0 saturated carbocycles. The lowest BCUT2D eigenvalue weighted by Gasteiger charge is -2.06. The van der Waals surface area contributed by atoms with E-state index in [2.05, 4.69) is 47.8 Å². The Bertz CT molecular complexity index is 572. The van der Waals surface area contributed by atoms with Crippen molar-refractivity contribution < 1.29 is 9.18 Å². The Kier molecular flexibility index (Phi) is 4.35. The smallest absolute Gasteiger partial charge is 0.197 e. The lowest BCUT2D eigenvalue weighted by molar-refractivity contribution is 0.103. The Hall–Kier alpha value is -0.520. The molecule has 2 rings (SSSR count). The third-order valence-corrected chi connectivity index (χ3v) is 4.02. The van der Waals surface area contributed by atoms with Gasteiger partial charge in [0.25, 0.3) is 0 Å². The summed E-state index contributed by atoms with van der Waals surface area (Å²) in [6.07, 6.45) is 0. The van der Waals surface area contributed by atoms with Gasteiger partial charge in [0.05, 0.1) is 5.56 Å². The number of carbonyl (C=O) groups is 1. The number of halogens is 4. The first kappa shape index (κ1) is 13.9. The summed E-state index contributed by atoms with van der Waals surface area (Å²) in [6.45, 7) is 0. The fourth-order valence-electron chi connectivity index (χ4n) is 1.49. The fourth-order valence-corrected chi connectivity index (χ4v) is 2.64. The van der Waals surface area contributed by atoms with E-state index >= 15 is 0 Å². The molecule has 5 heteroatoms. The number of rotatable bonds is 2. The highest BCUT2D eigenvalue weighted by Gasteiger charge is 2.17. The third kappa shape index (κ3) is 2.90. The second-order valence-corrected chi connectivity index (χ2v) is 6.26. The molecule has 0 fully saturated rings. The van der Waals surface area contributed by atoms with Gasteiger partial charge in [0, 0.05) is 19.0 Å². The molecule has 0 spiro atoms. The van der Waals surface area contributed by atoms with Gasteiger partial charge in [-0.15, -0.1) is 0 Å². The van der Waals surface area contributed by atoms with Gasteiger partial charge < -0.3 is 0 Å². The van der Waals surface area contributed by atoms with Crippen molar-refractivity contribution in [2.75, 3.05) is 0 Å². The molecule has 0 atom stereocenters. The SMILES string of the molecule is O=C(c1cc(Br)ccc1F)c1cc(Br)ccc1Br. The summed E-state index contributed by atoms with van der Waals surface area (Å²) in [5.41, 5.74) is 0.463. The lowest BCUT2D eigenvalue weighted by atomic mass is 10.0. The van der Waals surface area contributed by atoms with Crippen molar-refractivity contribution in [1.29, 1.82) is 0 Å². The van der Waals surface area contributed by atoms with Crippen LogP contribution in [0.4, 0.5) is 4.39 Å². The van der Waals surface area contributed by atoms with Gasteiger partial charge in [-0.25, -0.2) is 4.39 Å². The van der Waals surface area contributed by atoms with Crippen molar-refractivity contribution in [2.45, 2.75) is 0 Å². The molecular formula is C13H6Br3FO. The van der Waals surface area contributed by atoms with Crippen LogP contribution in [0.15, 0.2) is 49.8 Å². The molecule has 0 aliphatic heterocycles. The fraction of sp³-hybridized carbons (Fsp3) is 0. The molecule has 0 aliphatic rings. The molecule has 0 N–H and O–H groups in total. The zero-order valence-electron chi connectivity index (χ0n) is 8.88. The highest BCUT2D eigenvalue weighted by atomic mass is 79.9. The van der Waals surface area contributed by atoms with Gasteiger partial charge in [0.15, 0.2) is 5.78 Å². The van der Waals surface area contributed by atoms with Gasteiger partial charge in [-0.1, -0.05) is 47.8 Å². The van der Waals surface area contributed by atoms with Gasteiger partial charge in [-0.3, -0.25) is 4.79 Å². The molecule has 0 amide bonds. The normalized spacial score (nSPS) is 10.4. The predicted octanol–water partition coefficient (Wildman–Crippen LogP) is 5.34. The van der Waals surface area contributed by atoms with Crippen LogP contribution in [-0.2, 0) is 0 Å². The van der Waals surface area contributed by atoms with Crippen LogP contribution >= 0.6 is 47.8 Å². The third-order valence-electron chi connectivity index (χ3n) is 2.35. The summed E-state index contributed by atoms with van der Waals surface area (Å²) >= 11 is 9.82. The van der Waals surface area contributed by atoms with Crippen molar-refractivity contribution in [1.82, 2.24) is 0 Å². The Labute approximate surface area is 129 Å². The Morgan fingerprint density at radius 3 is 2.11 bits per heavy atom. The average molecular weight is 437 g/mol. The standard InChI is InChI=1S/C13H6Br3FO/c14-7-1-3-11(16)9(5-7)13(18)10-6-8(15)2-4-12(10)17/h1-6H. The van der Waals surface area contributed by atoms with Crippen LogP contribution < -0.4 is 0 Å². The highest BCUT2D eigenvalue weighted by Crippen LogP contribution is 2.26. The van der Waals surface area contributed by atoms with Crippen LogP contribution in [0.2, 0.25) is 0 Å². The number of ketones is 1. The van der Waals surface area contributed by atoms with E-state index in [-0.39, 0.29) is 11.3 Å². The van der Waals surface area contributed by atoms with Gasteiger partial charge >= 0.3 is 0 Å². The van der Waals surface area contributed by atoms with E-state index in [1.807, 2.05) is 0 Å². The van der Waals surface area contributed by atoms with Gasteiger partial charge in [-0.2, -0.15) is 0 Å². The minimum absolute atomic E-state index is 0.0446. The van der Waals surface area contributed by atoms with Crippen LogP contribution in [0.1, 0.15) is 15.9 Å². The molecule has 0 aliphatic carbocycles. The summed E-state index contributed by atoms with van der Waals surface area (Å²) in [5, 5.41) is 0. The lowest BCUT2D eigenvalue weighted by Crippen LogP contribution is -2.05. The topological polar surface area (TPSA) is 17.1 Å². The minimum Gasteiger partial charge on any atom is -0.288 e. The maximum atomic E-state index is 13.7. The molecule has 2 aromatic carbocycles. The molecule has 0 bridgehead atoms. The minimum atomic E-state index is -0.532. The first-order chi connectivity index (χ1) is 8.49. The average Bonchev–Trinajstić information content (AvgIpc) is 2.34. The molecule has 1 nitrogen and oxygen atoms in total. The van der Waals surface area contributed by atoms with E-state index in [0.717, 1.165) is 4.47 Å². The summed E-state index contributed by atoms with van der Waals surface area (Å²) in [6, 6.07) is 9.51. The summed E-state index contributed by atoms with van der Waals surface area (Å²) in [7, 11) is 0. The van der Waals surface area contributed by atoms with E-state index in [9.17, 15) is 9.18 Å². The molecule has 0 saturated heterocycles.